The van der Waals surface area contributed by atoms with E-state index < -0.39 is 0 Å². The van der Waals surface area contributed by atoms with Gasteiger partial charge in [-0.15, -0.1) is 11.3 Å². The molecule has 0 saturated heterocycles. The second-order valence-electron chi connectivity index (χ2n) is 7.20. The number of nitrogens with zero attached hydrogens (tertiary/aromatic N) is 2. The lowest BCUT2D eigenvalue weighted by Crippen LogP contribution is -2.40. The van der Waals surface area contributed by atoms with Gasteiger partial charge in [0.1, 0.15) is 17.5 Å². The van der Waals surface area contributed by atoms with E-state index in [-0.39, 0.29) is 12.0 Å². The van der Waals surface area contributed by atoms with E-state index in [1.807, 2.05) is 41.9 Å². The zero-order valence-electron chi connectivity index (χ0n) is 15.7. The van der Waals surface area contributed by atoms with Crippen molar-refractivity contribution < 1.29 is 14.3 Å². The quantitative estimate of drug-likeness (QED) is 0.728. The molecule has 1 N–H and O–H groups in total. The Balaban J connectivity index is 1.43. The third kappa shape index (κ3) is 3.64. The summed E-state index contributed by atoms with van der Waals surface area (Å²) in [6, 6.07) is 9.50. The second-order valence-corrected chi connectivity index (χ2v) is 8.23. The van der Waals surface area contributed by atoms with Crippen LogP contribution >= 0.6 is 11.3 Å². The molecule has 27 heavy (non-hydrogen) atoms. The van der Waals surface area contributed by atoms with Gasteiger partial charge in [0.2, 0.25) is 0 Å². The lowest BCUT2D eigenvalue weighted by Gasteiger charge is -2.26. The molecule has 3 heterocycles. The van der Waals surface area contributed by atoms with Crippen molar-refractivity contribution in [2.45, 2.75) is 33.4 Å². The number of carbonyl (C=O) groups excluding carboxylic acids is 1. The number of hydrogen-bond donors (Lipinski definition) is 1. The Kier molecular flexibility index (Phi) is 4.78. The standard InChI is InChI=1S/C20H23N3O3S/c1-12(2)10-23-20-15(13(3)22-23)8-18(27-20)19(24)21-9-14-11-25-16-6-4-5-7-17(16)26-14/h4-8,12,14H,9-11H2,1-3H3,(H,21,24)/t14-/m0/s1. The van der Waals surface area contributed by atoms with Gasteiger partial charge in [0, 0.05) is 11.9 Å². The minimum Gasteiger partial charge on any atom is -0.486 e. The van der Waals surface area contributed by atoms with Gasteiger partial charge in [-0.1, -0.05) is 26.0 Å². The van der Waals surface area contributed by atoms with E-state index in [9.17, 15) is 4.79 Å². The van der Waals surface area contributed by atoms with E-state index in [0.717, 1.165) is 28.2 Å². The molecule has 3 aromatic rings. The number of carbonyl (C=O) groups is 1. The molecule has 0 unspecified atom stereocenters. The van der Waals surface area contributed by atoms with Crippen molar-refractivity contribution >= 4 is 27.5 Å². The molecule has 0 saturated carbocycles. The molecule has 0 radical (unpaired) electrons. The summed E-state index contributed by atoms with van der Waals surface area (Å²) in [6.07, 6.45) is -0.198. The van der Waals surface area contributed by atoms with Gasteiger partial charge in [0.05, 0.1) is 17.1 Å². The number of ether oxygens (including phenoxy) is 2. The molecular formula is C20H23N3O3S. The zero-order valence-corrected chi connectivity index (χ0v) is 16.5. The highest BCUT2D eigenvalue weighted by Gasteiger charge is 2.22. The van der Waals surface area contributed by atoms with Gasteiger partial charge < -0.3 is 14.8 Å². The third-order valence-corrected chi connectivity index (χ3v) is 5.57. The zero-order chi connectivity index (χ0) is 19.0. The number of fused-ring (bicyclic) bond motifs is 2. The molecule has 142 valence electrons. The highest BCUT2D eigenvalue weighted by molar-refractivity contribution is 7.20. The molecule has 0 fully saturated rings. The summed E-state index contributed by atoms with van der Waals surface area (Å²) in [5.41, 5.74) is 0.960. The summed E-state index contributed by atoms with van der Waals surface area (Å²) < 4.78 is 13.6. The van der Waals surface area contributed by atoms with Crippen LogP contribution in [-0.4, -0.2) is 34.9 Å². The summed E-state index contributed by atoms with van der Waals surface area (Å²) in [6.45, 7) is 7.98. The summed E-state index contributed by atoms with van der Waals surface area (Å²) in [7, 11) is 0. The SMILES string of the molecule is Cc1nn(CC(C)C)c2sc(C(=O)NC[C@H]3COc4ccccc4O3)cc12. The summed E-state index contributed by atoms with van der Waals surface area (Å²) in [5.74, 6) is 1.87. The molecule has 0 spiro atoms. The van der Waals surface area contributed by atoms with E-state index in [1.54, 1.807) is 0 Å². The van der Waals surface area contributed by atoms with Crippen LogP contribution < -0.4 is 14.8 Å². The van der Waals surface area contributed by atoms with Crippen molar-refractivity contribution in [3.05, 3.63) is 40.9 Å². The van der Waals surface area contributed by atoms with Gasteiger partial charge >= 0.3 is 0 Å². The average molecular weight is 385 g/mol. The number of rotatable bonds is 5. The van der Waals surface area contributed by atoms with Crippen molar-refractivity contribution in [2.24, 2.45) is 5.92 Å². The van der Waals surface area contributed by atoms with Crippen molar-refractivity contribution in [1.29, 1.82) is 0 Å². The first-order valence-electron chi connectivity index (χ1n) is 9.15. The maximum absolute atomic E-state index is 12.6. The molecule has 1 atom stereocenters. The molecule has 0 bridgehead atoms. The number of aryl methyl sites for hydroxylation is 1. The largest absolute Gasteiger partial charge is 0.486 e. The first-order chi connectivity index (χ1) is 13.0. The minimum atomic E-state index is -0.198. The second kappa shape index (κ2) is 7.23. The number of amides is 1. The van der Waals surface area contributed by atoms with Gasteiger partial charge in [-0.05, 0) is 31.0 Å². The molecule has 1 aromatic carbocycles. The van der Waals surface area contributed by atoms with Gasteiger partial charge in [-0.2, -0.15) is 5.10 Å². The van der Waals surface area contributed by atoms with E-state index in [2.05, 4.69) is 24.3 Å². The van der Waals surface area contributed by atoms with E-state index in [1.165, 1.54) is 11.3 Å². The van der Waals surface area contributed by atoms with Crippen LogP contribution in [0.3, 0.4) is 0 Å². The van der Waals surface area contributed by atoms with Crippen LogP contribution in [0.4, 0.5) is 0 Å². The maximum atomic E-state index is 12.6. The van der Waals surface area contributed by atoms with Crippen molar-refractivity contribution in [2.75, 3.05) is 13.2 Å². The highest BCUT2D eigenvalue weighted by Crippen LogP contribution is 2.31. The number of para-hydroxylation sites is 2. The van der Waals surface area contributed by atoms with Crippen LogP contribution in [0.15, 0.2) is 30.3 Å². The highest BCUT2D eigenvalue weighted by atomic mass is 32.1. The molecule has 7 heteroatoms. The Hall–Kier alpha value is -2.54. The van der Waals surface area contributed by atoms with Gasteiger partial charge in [0.25, 0.3) is 5.91 Å². The minimum absolute atomic E-state index is 0.0887. The summed E-state index contributed by atoms with van der Waals surface area (Å²) in [5, 5.41) is 8.61. The van der Waals surface area contributed by atoms with Gasteiger partial charge in [-0.25, -0.2) is 0 Å². The van der Waals surface area contributed by atoms with Crippen molar-refractivity contribution in [1.82, 2.24) is 15.1 Å². The van der Waals surface area contributed by atoms with Gasteiger partial charge in [0.15, 0.2) is 11.5 Å². The molecule has 1 aliphatic heterocycles. The molecular weight excluding hydrogens is 362 g/mol. The Bertz CT molecular complexity index is 976. The molecule has 4 rings (SSSR count). The number of hydrogen-bond acceptors (Lipinski definition) is 5. The predicted octanol–water partition coefficient (Wildman–Crippen LogP) is 3.63. The molecule has 0 aliphatic carbocycles. The molecule has 6 nitrogen and oxygen atoms in total. The van der Waals surface area contributed by atoms with E-state index in [0.29, 0.717) is 29.7 Å². The number of benzene rings is 1. The molecule has 2 aromatic heterocycles. The Labute approximate surface area is 162 Å². The topological polar surface area (TPSA) is 65.4 Å². The van der Waals surface area contributed by atoms with E-state index >= 15 is 0 Å². The van der Waals surface area contributed by atoms with Crippen LogP contribution in [0.1, 0.15) is 29.2 Å². The first kappa shape index (κ1) is 17.9. The lowest BCUT2D eigenvalue weighted by atomic mass is 10.2. The number of nitrogens with one attached hydrogen (secondary N) is 1. The Morgan fingerprint density at radius 1 is 1.37 bits per heavy atom. The third-order valence-electron chi connectivity index (χ3n) is 4.43. The fourth-order valence-electron chi connectivity index (χ4n) is 3.15. The van der Waals surface area contributed by atoms with Crippen molar-refractivity contribution in [3.8, 4) is 11.5 Å². The van der Waals surface area contributed by atoms with Gasteiger partial charge in [-0.3, -0.25) is 9.48 Å². The van der Waals surface area contributed by atoms with Crippen LogP contribution in [0.2, 0.25) is 0 Å². The van der Waals surface area contributed by atoms with Crippen LogP contribution in [0.5, 0.6) is 11.5 Å². The van der Waals surface area contributed by atoms with Crippen LogP contribution in [0, 0.1) is 12.8 Å². The summed E-state index contributed by atoms with van der Waals surface area (Å²) in [4.78, 5) is 14.4. The number of thiophene rings is 1. The Morgan fingerprint density at radius 3 is 2.93 bits per heavy atom. The molecule has 1 aliphatic rings. The predicted molar refractivity (Wildman–Crippen MR) is 106 cm³/mol. The number of aromatic nitrogens is 2. The Morgan fingerprint density at radius 2 is 2.15 bits per heavy atom. The monoisotopic (exact) mass is 385 g/mol. The summed E-state index contributed by atoms with van der Waals surface area (Å²) >= 11 is 1.49. The normalized spacial score (nSPS) is 16.1. The maximum Gasteiger partial charge on any atom is 0.261 e. The fraction of sp³-hybridized carbons (Fsp3) is 0.400. The average Bonchev–Trinajstić information content (AvgIpc) is 3.21. The van der Waals surface area contributed by atoms with Crippen LogP contribution in [-0.2, 0) is 6.54 Å². The van der Waals surface area contributed by atoms with E-state index in [4.69, 9.17) is 9.47 Å². The fourth-order valence-corrected chi connectivity index (χ4v) is 4.24. The van der Waals surface area contributed by atoms with Crippen LogP contribution in [0.25, 0.3) is 10.2 Å². The lowest BCUT2D eigenvalue weighted by molar-refractivity contribution is 0.0791. The first-order valence-corrected chi connectivity index (χ1v) is 9.96. The molecule has 1 amide bonds. The van der Waals surface area contributed by atoms with Crippen molar-refractivity contribution in [3.63, 3.8) is 0 Å². The smallest absolute Gasteiger partial charge is 0.261 e.